The Morgan fingerprint density at radius 1 is 0.882 bits per heavy atom. The predicted octanol–water partition coefficient (Wildman–Crippen LogP) is 5.55. The largest absolute Gasteiger partial charge is 0.573 e. The molecule has 0 aliphatic carbocycles. The maximum absolute atomic E-state index is 13.2. The van der Waals surface area contributed by atoms with Crippen molar-refractivity contribution in [1.82, 2.24) is 0 Å². The number of hydrogen-bond donors (Lipinski definition) is 0. The summed E-state index contributed by atoms with van der Waals surface area (Å²) in [4.78, 5) is 50.3. The highest BCUT2D eigenvalue weighted by Crippen LogP contribution is 2.33. The van der Waals surface area contributed by atoms with Crippen molar-refractivity contribution in [3.8, 4) is 17.9 Å². The number of nitro benzene ring substituents is 1. The first-order valence-electron chi connectivity index (χ1n) is 15.2. The maximum Gasteiger partial charge on any atom is 0.573 e. The number of nitrogens with zero attached hydrogens (tertiary/aromatic N) is 5. The molecule has 0 radical (unpaired) electrons. The molecule has 0 heterocycles. The minimum atomic E-state index is -5.09. The molecule has 0 fully saturated rings. The standard InChI is InChI=1S/C33H34F3N5O10/c1-5-39(26-10-9-23(18-25(21-38)30(42)47-4)29(19-26)51-33(34,35)36)12-14-49-32(44)50-15-13-40(6-2)27-11-8-22(17-28(27)41(45)46)16-24(20-37)31(43)48-7-3/h8-11,16-19H,5-7,12-15H2,1-4H3. The molecule has 0 amide bonds. The third-order valence-corrected chi connectivity index (χ3v) is 6.80. The highest BCUT2D eigenvalue weighted by atomic mass is 19.4. The monoisotopic (exact) mass is 717 g/mol. The summed E-state index contributed by atoms with van der Waals surface area (Å²) in [6.07, 6.45) is -4.08. The van der Waals surface area contributed by atoms with Crippen molar-refractivity contribution in [3.63, 3.8) is 0 Å². The van der Waals surface area contributed by atoms with E-state index >= 15 is 0 Å². The molecule has 2 aromatic rings. The third kappa shape index (κ3) is 12.6. The lowest BCUT2D eigenvalue weighted by Gasteiger charge is -2.24. The van der Waals surface area contributed by atoms with Gasteiger partial charge in [0.05, 0.1) is 31.7 Å². The Labute approximate surface area is 290 Å². The van der Waals surface area contributed by atoms with Crippen LogP contribution in [-0.4, -0.2) is 82.5 Å². The molecule has 0 bridgehead atoms. The van der Waals surface area contributed by atoms with Gasteiger partial charge in [0.2, 0.25) is 0 Å². The average molecular weight is 718 g/mol. The number of benzene rings is 2. The SMILES string of the molecule is CCOC(=O)C(C#N)=Cc1ccc(N(CC)CCOC(=O)OCCN(CC)c2ccc(C=C(C#N)C(=O)OC)c(OC(F)(F)F)c2)c([N+](=O)[O-])c1. The van der Waals surface area contributed by atoms with Crippen molar-refractivity contribution < 1.29 is 56.2 Å². The molecule has 18 heteroatoms. The van der Waals surface area contributed by atoms with E-state index in [1.165, 1.54) is 36.4 Å². The van der Waals surface area contributed by atoms with E-state index in [4.69, 9.17) is 14.2 Å². The zero-order valence-electron chi connectivity index (χ0n) is 28.0. The lowest BCUT2D eigenvalue weighted by atomic mass is 10.1. The molecule has 2 aromatic carbocycles. The average Bonchev–Trinajstić information content (AvgIpc) is 3.09. The van der Waals surface area contributed by atoms with Crippen molar-refractivity contribution in [3.05, 3.63) is 68.8 Å². The second kappa shape index (κ2) is 19.6. The molecule has 0 saturated carbocycles. The van der Waals surface area contributed by atoms with Crippen LogP contribution >= 0.6 is 0 Å². The Morgan fingerprint density at radius 3 is 2.02 bits per heavy atom. The molecule has 0 N–H and O–H groups in total. The highest BCUT2D eigenvalue weighted by Gasteiger charge is 2.32. The summed E-state index contributed by atoms with van der Waals surface area (Å²) >= 11 is 0. The maximum atomic E-state index is 13.2. The van der Waals surface area contributed by atoms with E-state index < -0.39 is 40.7 Å². The normalized spacial score (nSPS) is 11.4. The van der Waals surface area contributed by atoms with E-state index in [2.05, 4.69) is 9.47 Å². The highest BCUT2D eigenvalue weighted by molar-refractivity contribution is 5.98. The molecule has 0 aliphatic heterocycles. The van der Waals surface area contributed by atoms with E-state index in [9.17, 15) is 48.2 Å². The lowest BCUT2D eigenvalue weighted by Crippen LogP contribution is -2.30. The van der Waals surface area contributed by atoms with Crippen LogP contribution < -0.4 is 14.5 Å². The molecular formula is C33H34F3N5O10. The van der Waals surface area contributed by atoms with Crippen molar-refractivity contribution in [2.45, 2.75) is 27.1 Å². The molecule has 0 aromatic heterocycles. The Kier molecular flexibility index (Phi) is 15.7. The minimum Gasteiger partial charge on any atom is -0.465 e. The summed E-state index contributed by atoms with van der Waals surface area (Å²) in [5.41, 5.74) is -0.770. The van der Waals surface area contributed by atoms with E-state index in [-0.39, 0.29) is 79.8 Å². The van der Waals surface area contributed by atoms with Crippen LogP contribution in [-0.2, 0) is 28.5 Å². The summed E-state index contributed by atoms with van der Waals surface area (Å²) in [5.74, 6) is -2.60. The summed E-state index contributed by atoms with van der Waals surface area (Å²) in [7, 11) is 1.01. The number of ether oxygens (including phenoxy) is 5. The number of nitriles is 2. The van der Waals surface area contributed by atoms with Gasteiger partial charge in [0.15, 0.2) is 0 Å². The molecule has 0 spiro atoms. The molecule has 2 rings (SSSR count). The second-order valence-corrected chi connectivity index (χ2v) is 9.93. The number of carbonyl (C=O) groups excluding carboxylic acids is 3. The van der Waals surface area contributed by atoms with Gasteiger partial charge in [0.25, 0.3) is 5.69 Å². The molecule has 51 heavy (non-hydrogen) atoms. The summed E-state index contributed by atoms with van der Waals surface area (Å²) < 4.78 is 63.1. The van der Waals surface area contributed by atoms with Gasteiger partial charge in [0, 0.05) is 36.5 Å². The quantitative estimate of drug-likeness (QED) is 0.0493. The molecule has 0 aliphatic rings. The molecule has 272 valence electrons. The third-order valence-electron chi connectivity index (χ3n) is 6.80. The second-order valence-electron chi connectivity index (χ2n) is 9.93. The predicted molar refractivity (Wildman–Crippen MR) is 175 cm³/mol. The Hall–Kier alpha value is -6.30. The number of anilines is 2. The minimum absolute atomic E-state index is 0.0234. The van der Waals surface area contributed by atoms with Crippen molar-refractivity contribution in [2.75, 3.05) is 62.9 Å². The van der Waals surface area contributed by atoms with E-state index in [1.54, 1.807) is 42.7 Å². The Morgan fingerprint density at radius 2 is 1.49 bits per heavy atom. The molecule has 0 atom stereocenters. The Balaban J connectivity index is 2.08. The van der Waals surface area contributed by atoms with Crippen LogP contribution in [0.25, 0.3) is 12.2 Å². The van der Waals surface area contributed by atoms with Crippen LogP contribution in [0.2, 0.25) is 0 Å². The van der Waals surface area contributed by atoms with Gasteiger partial charge in [-0.3, -0.25) is 10.1 Å². The lowest BCUT2D eigenvalue weighted by molar-refractivity contribution is -0.384. The first kappa shape index (κ1) is 40.9. The number of esters is 2. The Bertz CT molecular complexity index is 1730. The van der Waals surface area contributed by atoms with Crippen molar-refractivity contribution >= 4 is 47.3 Å². The van der Waals surface area contributed by atoms with Gasteiger partial charge in [-0.25, -0.2) is 14.4 Å². The molecular weight excluding hydrogens is 683 g/mol. The fourth-order valence-corrected chi connectivity index (χ4v) is 4.45. The smallest absolute Gasteiger partial charge is 0.465 e. The number of methoxy groups -OCH3 is 1. The van der Waals surface area contributed by atoms with Gasteiger partial charge >= 0.3 is 24.5 Å². The topological polar surface area (TPSA) is 195 Å². The fraction of sp³-hybridized carbons (Fsp3) is 0.364. The van der Waals surface area contributed by atoms with Gasteiger partial charge in [0.1, 0.15) is 47.9 Å². The first-order chi connectivity index (χ1) is 24.2. The van der Waals surface area contributed by atoms with E-state index in [0.29, 0.717) is 0 Å². The van der Waals surface area contributed by atoms with Crippen LogP contribution in [0.15, 0.2) is 47.5 Å². The summed E-state index contributed by atoms with van der Waals surface area (Å²) in [6.45, 7) is 5.17. The number of hydrogen-bond acceptors (Lipinski definition) is 14. The zero-order valence-corrected chi connectivity index (χ0v) is 28.0. The number of rotatable bonds is 17. The number of carbonyl (C=O) groups is 3. The summed E-state index contributed by atoms with van der Waals surface area (Å²) in [5, 5.41) is 30.3. The van der Waals surface area contributed by atoms with Crippen molar-refractivity contribution in [1.29, 1.82) is 10.5 Å². The number of alkyl halides is 3. The molecule has 0 saturated heterocycles. The van der Waals surface area contributed by atoms with Gasteiger partial charge in [-0.1, -0.05) is 6.07 Å². The zero-order chi connectivity index (χ0) is 38.1. The molecule has 15 nitrogen and oxygen atoms in total. The van der Waals surface area contributed by atoms with Crippen LogP contribution in [0.3, 0.4) is 0 Å². The van der Waals surface area contributed by atoms with Gasteiger partial charge < -0.3 is 33.5 Å². The van der Waals surface area contributed by atoms with Gasteiger partial charge in [-0.05, 0) is 56.7 Å². The fourth-order valence-electron chi connectivity index (χ4n) is 4.45. The van der Waals surface area contributed by atoms with E-state index in [1.807, 2.05) is 0 Å². The van der Waals surface area contributed by atoms with Gasteiger partial charge in [-0.2, -0.15) is 10.5 Å². The first-order valence-corrected chi connectivity index (χ1v) is 15.2. The van der Waals surface area contributed by atoms with Crippen LogP contribution in [0, 0.1) is 32.8 Å². The van der Waals surface area contributed by atoms with Crippen molar-refractivity contribution in [2.24, 2.45) is 0 Å². The van der Waals surface area contributed by atoms with Crippen LogP contribution in [0.4, 0.5) is 35.0 Å². The van der Waals surface area contributed by atoms with Gasteiger partial charge in [-0.15, -0.1) is 13.2 Å². The number of likely N-dealkylation sites (N-methyl/N-ethyl adjacent to an activating group) is 2. The number of halogens is 3. The summed E-state index contributed by atoms with van der Waals surface area (Å²) in [6, 6.07) is 11.1. The van der Waals surface area contributed by atoms with E-state index in [0.717, 1.165) is 19.3 Å². The number of nitro groups is 1. The van der Waals surface area contributed by atoms with Crippen LogP contribution in [0.5, 0.6) is 5.75 Å². The molecule has 0 unspecified atom stereocenters. The van der Waals surface area contributed by atoms with Crippen LogP contribution in [0.1, 0.15) is 31.9 Å².